The Morgan fingerprint density at radius 3 is 2.63 bits per heavy atom. The van der Waals surface area contributed by atoms with Crippen LogP contribution in [-0.2, 0) is 6.42 Å². The maximum absolute atomic E-state index is 12.5. The zero-order valence-corrected chi connectivity index (χ0v) is 16.4. The van der Waals surface area contributed by atoms with Gasteiger partial charge < -0.3 is 25.4 Å². The van der Waals surface area contributed by atoms with Gasteiger partial charge >= 0.3 is 12.6 Å². The summed E-state index contributed by atoms with van der Waals surface area (Å²) in [6, 6.07) is 11.3. The Labute approximate surface area is 172 Å². The molecule has 0 heterocycles. The third-order valence-corrected chi connectivity index (χ3v) is 4.44. The molecular weight excluding hydrogens is 396 g/mol. The first-order valence-electron chi connectivity index (χ1n) is 9.52. The van der Waals surface area contributed by atoms with Crippen molar-refractivity contribution in [3.05, 3.63) is 53.6 Å². The van der Waals surface area contributed by atoms with Gasteiger partial charge in [0.05, 0.1) is 7.11 Å². The highest BCUT2D eigenvalue weighted by Gasteiger charge is 2.23. The van der Waals surface area contributed by atoms with E-state index >= 15 is 0 Å². The number of carbonyl (C=O) groups excluding carboxylic acids is 2. The number of benzene rings is 2. The van der Waals surface area contributed by atoms with E-state index in [0.717, 1.165) is 12.8 Å². The van der Waals surface area contributed by atoms with Gasteiger partial charge in [-0.05, 0) is 55.2 Å². The van der Waals surface area contributed by atoms with E-state index < -0.39 is 6.61 Å². The Hall–Kier alpha value is -3.36. The van der Waals surface area contributed by atoms with Crippen LogP contribution in [0.1, 0.15) is 28.8 Å². The average Bonchev–Trinajstić information content (AvgIpc) is 3.51. The van der Waals surface area contributed by atoms with E-state index in [0.29, 0.717) is 29.8 Å². The minimum atomic E-state index is -2.96. The molecule has 0 bridgehead atoms. The van der Waals surface area contributed by atoms with E-state index in [-0.39, 0.29) is 29.5 Å². The van der Waals surface area contributed by atoms with Gasteiger partial charge in [-0.3, -0.25) is 4.79 Å². The summed E-state index contributed by atoms with van der Waals surface area (Å²) in [6.07, 6.45) is 2.39. The molecule has 1 saturated carbocycles. The summed E-state index contributed by atoms with van der Waals surface area (Å²) in [5.74, 6) is -0.156. The quantitative estimate of drug-likeness (QED) is 0.580. The Morgan fingerprint density at radius 1 is 1.13 bits per heavy atom. The molecule has 0 aliphatic heterocycles. The van der Waals surface area contributed by atoms with Crippen molar-refractivity contribution in [2.45, 2.75) is 31.9 Å². The number of alkyl halides is 2. The molecule has 0 atom stereocenters. The van der Waals surface area contributed by atoms with Crippen molar-refractivity contribution in [2.24, 2.45) is 0 Å². The summed E-state index contributed by atoms with van der Waals surface area (Å²) in [4.78, 5) is 24.2. The highest BCUT2D eigenvalue weighted by atomic mass is 19.3. The fraction of sp³-hybridized carbons (Fsp3) is 0.333. The number of hydrogen-bond donors (Lipinski definition) is 3. The second kappa shape index (κ2) is 9.91. The highest BCUT2D eigenvalue weighted by molar-refractivity contribution is 5.96. The Balaban J connectivity index is 1.53. The third-order valence-electron chi connectivity index (χ3n) is 4.44. The first kappa shape index (κ1) is 21.4. The zero-order valence-electron chi connectivity index (χ0n) is 16.4. The lowest BCUT2D eigenvalue weighted by Crippen LogP contribution is -2.30. The van der Waals surface area contributed by atoms with Crippen LogP contribution >= 0.6 is 0 Å². The second-order valence-corrected chi connectivity index (χ2v) is 6.82. The van der Waals surface area contributed by atoms with E-state index in [2.05, 4.69) is 20.7 Å². The molecule has 2 aromatic carbocycles. The molecule has 3 N–H and O–H groups in total. The molecule has 0 saturated heterocycles. The number of hydrogen-bond acceptors (Lipinski definition) is 4. The lowest BCUT2D eigenvalue weighted by atomic mass is 10.1. The summed E-state index contributed by atoms with van der Waals surface area (Å²) >= 11 is 0. The zero-order chi connectivity index (χ0) is 21.5. The molecule has 30 heavy (non-hydrogen) atoms. The molecule has 1 aliphatic rings. The van der Waals surface area contributed by atoms with Crippen molar-refractivity contribution in [2.75, 3.05) is 19.0 Å². The maximum atomic E-state index is 12.5. The van der Waals surface area contributed by atoms with Crippen LogP contribution in [0.15, 0.2) is 42.5 Å². The normalized spacial score (nSPS) is 12.9. The van der Waals surface area contributed by atoms with Crippen LogP contribution in [0.2, 0.25) is 0 Å². The predicted molar refractivity (Wildman–Crippen MR) is 107 cm³/mol. The van der Waals surface area contributed by atoms with E-state index in [4.69, 9.17) is 4.74 Å². The topological polar surface area (TPSA) is 88.7 Å². The summed E-state index contributed by atoms with van der Waals surface area (Å²) < 4.78 is 34.5. The van der Waals surface area contributed by atoms with Crippen molar-refractivity contribution < 1.29 is 27.8 Å². The summed E-state index contributed by atoms with van der Waals surface area (Å²) in [6.45, 7) is -2.67. The largest absolute Gasteiger partial charge is 0.493 e. The van der Waals surface area contributed by atoms with Crippen molar-refractivity contribution in [1.82, 2.24) is 10.6 Å². The molecule has 0 aromatic heterocycles. The molecule has 0 unspecified atom stereocenters. The average molecular weight is 419 g/mol. The van der Waals surface area contributed by atoms with E-state index in [1.807, 2.05) is 0 Å². The molecule has 160 valence electrons. The van der Waals surface area contributed by atoms with E-state index in [1.165, 1.54) is 19.2 Å². The third kappa shape index (κ3) is 6.33. The Kier molecular flexibility index (Phi) is 7.05. The van der Waals surface area contributed by atoms with Gasteiger partial charge in [0.1, 0.15) is 0 Å². The fourth-order valence-electron chi connectivity index (χ4n) is 2.81. The minimum absolute atomic E-state index is 0.0559. The van der Waals surface area contributed by atoms with Crippen LogP contribution in [0.3, 0.4) is 0 Å². The van der Waals surface area contributed by atoms with E-state index in [1.54, 1.807) is 30.3 Å². The van der Waals surface area contributed by atoms with Gasteiger partial charge in [-0.15, -0.1) is 0 Å². The van der Waals surface area contributed by atoms with Crippen LogP contribution in [0.25, 0.3) is 0 Å². The summed E-state index contributed by atoms with van der Waals surface area (Å²) in [7, 11) is 1.37. The molecule has 3 rings (SSSR count). The van der Waals surface area contributed by atoms with Crippen molar-refractivity contribution in [3.63, 3.8) is 0 Å². The van der Waals surface area contributed by atoms with E-state index in [9.17, 15) is 18.4 Å². The predicted octanol–water partition coefficient (Wildman–Crippen LogP) is 3.55. The molecule has 7 nitrogen and oxygen atoms in total. The Morgan fingerprint density at radius 2 is 1.93 bits per heavy atom. The van der Waals surface area contributed by atoms with Gasteiger partial charge in [0.15, 0.2) is 11.5 Å². The van der Waals surface area contributed by atoms with Crippen molar-refractivity contribution >= 4 is 17.6 Å². The second-order valence-electron chi connectivity index (χ2n) is 6.82. The van der Waals surface area contributed by atoms with Gasteiger partial charge in [0.2, 0.25) is 0 Å². The Bertz CT molecular complexity index is 904. The van der Waals surface area contributed by atoms with Gasteiger partial charge in [0.25, 0.3) is 5.91 Å². The summed E-state index contributed by atoms with van der Waals surface area (Å²) in [5, 5.41) is 8.29. The molecule has 0 spiro atoms. The monoisotopic (exact) mass is 419 g/mol. The number of carbonyl (C=O) groups is 2. The molecular formula is C21H23F2N3O4. The number of amides is 3. The van der Waals surface area contributed by atoms with Gasteiger partial charge in [-0.25, -0.2) is 4.79 Å². The van der Waals surface area contributed by atoms with Gasteiger partial charge in [0, 0.05) is 23.8 Å². The molecule has 3 amide bonds. The van der Waals surface area contributed by atoms with Gasteiger partial charge in [-0.1, -0.05) is 12.1 Å². The smallest absolute Gasteiger partial charge is 0.387 e. The number of rotatable bonds is 9. The first-order valence-corrected chi connectivity index (χ1v) is 9.52. The minimum Gasteiger partial charge on any atom is -0.493 e. The number of halogens is 2. The molecule has 9 heteroatoms. The van der Waals surface area contributed by atoms with Crippen LogP contribution in [0, 0.1) is 0 Å². The number of nitrogens with one attached hydrogen (secondary N) is 3. The molecule has 1 fully saturated rings. The standard InChI is InChI=1S/C21H23F2N3O4/c1-29-17-8-5-13(11-18(17)30-20(22)23)9-10-24-19(27)14-3-2-4-16(12-14)26-21(28)25-15-6-7-15/h2-5,8,11-12,15,20H,6-7,9-10H2,1H3,(H,24,27)(H2,25,26,28). The van der Waals surface area contributed by atoms with Crippen LogP contribution in [-0.4, -0.2) is 38.2 Å². The van der Waals surface area contributed by atoms with Crippen LogP contribution in [0.4, 0.5) is 19.3 Å². The molecule has 1 aliphatic carbocycles. The maximum Gasteiger partial charge on any atom is 0.387 e. The number of ether oxygens (including phenoxy) is 2. The number of urea groups is 1. The lowest BCUT2D eigenvalue weighted by molar-refractivity contribution is -0.0512. The molecule has 0 radical (unpaired) electrons. The van der Waals surface area contributed by atoms with Crippen LogP contribution in [0.5, 0.6) is 11.5 Å². The SMILES string of the molecule is COc1ccc(CCNC(=O)c2cccc(NC(=O)NC3CC3)c2)cc1OC(F)F. The van der Waals surface area contributed by atoms with Gasteiger partial charge in [-0.2, -0.15) is 8.78 Å². The van der Waals surface area contributed by atoms with Crippen molar-refractivity contribution in [3.8, 4) is 11.5 Å². The number of anilines is 1. The number of methoxy groups -OCH3 is 1. The van der Waals surface area contributed by atoms with Crippen molar-refractivity contribution in [1.29, 1.82) is 0 Å². The fourth-order valence-corrected chi connectivity index (χ4v) is 2.81. The first-order chi connectivity index (χ1) is 14.4. The lowest BCUT2D eigenvalue weighted by Gasteiger charge is -2.12. The molecule has 2 aromatic rings. The highest BCUT2D eigenvalue weighted by Crippen LogP contribution is 2.29. The van der Waals surface area contributed by atoms with Crippen LogP contribution < -0.4 is 25.4 Å². The summed E-state index contributed by atoms with van der Waals surface area (Å²) in [5.41, 5.74) is 1.62.